The van der Waals surface area contributed by atoms with E-state index >= 15 is 0 Å². The Morgan fingerprint density at radius 3 is 2.62 bits per heavy atom. The average Bonchev–Trinajstić information content (AvgIpc) is 2.60. The Labute approximate surface area is 155 Å². The molecule has 0 fully saturated rings. The van der Waals surface area contributed by atoms with Crippen LogP contribution in [0.25, 0.3) is 0 Å². The summed E-state index contributed by atoms with van der Waals surface area (Å²) in [5.41, 5.74) is 0.877. The first-order valence-corrected chi connectivity index (χ1v) is 9.31. The summed E-state index contributed by atoms with van der Waals surface area (Å²) in [7, 11) is 0. The van der Waals surface area contributed by atoms with Gasteiger partial charge in [0.25, 0.3) is 0 Å². The van der Waals surface area contributed by atoms with Crippen molar-refractivity contribution in [2.24, 2.45) is 0 Å². The van der Waals surface area contributed by atoms with Crippen molar-refractivity contribution >= 4 is 46.4 Å². The molecule has 2 N–H and O–H groups in total. The maximum Gasteiger partial charge on any atom is 0.170 e. The lowest BCUT2D eigenvalue weighted by Gasteiger charge is -2.19. The smallest absolute Gasteiger partial charge is 0.170 e. The van der Waals surface area contributed by atoms with Crippen LogP contribution in [0.15, 0.2) is 47.4 Å². The van der Waals surface area contributed by atoms with Gasteiger partial charge in [-0.15, -0.1) is 11.8 Å². The summed E-state index contributed by atoms with van der Waals surface area (Å²) in [4.78, 5) is 1.19. The van der Waals surface area contributed by atoms with Gasteiger partial charge < -0.3 is 20.1 Å². The predicted molar refractivity (Wildman–Crippen MR) is 104 cm³/mol. The second-order valence-corrected chi connectivity index (χ2v) is 7.05. The molecule has 2 aromatic rings. The first-order chi connectivity index (χ1) is 11.7. The number of ether oxygens (including phenoxy) is 2. The number of hydrogen-bond acceptors (Lipinski definition) is 4. The zero-order valence-electron chi connectivity index (χ0n) is 12.9. The quantitative estimate of drug-likeness (QED) is 0.460. The molecule has 2 aromatic carbocycles. The third kappa shape index (κ3) is 4.93. The zero-order chi connectivity index (χ0) is 16.8. The normalized spacial score (nSPS) is 12.5. The first kappa shape index (κ1) is 17.2. The van der Waals surface area contributed by atoms with Gasteiger partial charge in [-0.05, 0) is 48.6 Å². The van der Waals surface area contributed by atoms with Crippen molar-refractivity contribution in [3.8, 4) is 11.5 Å². The van der Waals surface area contributed by atoms with Crippen LogP contribution in [0.4, 0.5) is 5.69 Å². The predicted octanol–water partition coefficient (Wildman–Crippen LogP) is 4.19. The van der Waals surface area contributed by atoms with Crippen LogP contribution in [0.1, 0.15) is 0 Å². The Bertz CT molecular complexity index is 710. The van der Waals surface area contributed by atoms with E-state index in [0.717, 1.165) is 34.5 Å². The Morgan fingerprint density at radius 2 is 1.83 bits per heavy atom. The highest BCUT2D eigenvalue weighted by Crippen LogP contribution is 2.32. The molecule has 1 aliphatic heterocycles. The minimum atomic E-state index is 0.571. The molecule has 0 saturated heterocycles. The molecule has 0 bridgehead atoms. The third-order valence-corrected chi connectivity index (χ3v) is 4.78. The number of nitrogens with one attached hydrogen (secondary N) is 2. The molecular formula is C17H17ClN2O2S2. The van der Waals surface area contributed by atoms with Gasteiger partial charge in [-0.25, -0.2) is 0 Å². The topological polar surface area (TPSA) is 42.5 Å². The highest BCUT2D eigenvalue weighted by Gasteiger charge is 2.11. The fraction of sp³-hybridized carbons (Fsp3) is 0.235. The molecule has 0 spiro atoms. The number of fused-ring (bicyclic) bond motifs is 1. The summed E-state index contributed by atoms with van der Waals surface area (Å²) in [5, 5.41) is 7.69. The lowest BCUT2D eigenvalue weighted by atomic mass is 10.2. The Morgan fingerprint density at radius 1 is 1.08 bits per heavy atom. The summed E-state index contributed by atoms with van der Waals surface area (Å²) < 4.78 is 11.1. The first-order valence-electron chi connectivity index (χ1n) is 7.53. The van der Waals surface area contributed by atoms with Gasteiger partial charge in [-0.2, -0.15) is 0 Å². The number of anilines is 1. The summed E-state index contributed by atoms with van der Waals surface area (Å²) in [6.07, 6.45) is 0. The van der Waals surface area contributed by atoms with Crippen LogP contribution in [0.2, 0.25) is 5.02 Å². The molecule has 0 saturated carbocycles. The van der Waals surface area contributed by atoms with E-state index in [1.807, 2.05) is 42.5 Å². The minimum Gasteiger partial charge on any atom is -0.486 e. The Kier molecular flexibility index (Phi) is 6.07. The van der Waals surface area contributed by atoms with Gasteiger partial charge in [0, 0.05) is 34.0 Å². The summed E-state index contributed by atoms with van der Waals surface area (Å²) in [6.45, 7) is 1.93. The number of benzene rings is 2. The lowest BCUT2D eigenvalue weighted by molar-refractivity contribution is 0.171. The zero-order valence-corrected chi connectivity index (χ0v) is 15.3. The summed E-state index contributed by atoms with van der Waals surface area (Å²) in [6, 6.07) is 13.5. The van der Waals surface area contributed by atoms with Gasteiger partial charge in [0.15, 0.2) is 16.6 Å². The number of rotatable bonds is 5. The molecule has 1 heterocycles. The van der Waals surface area contributed by atoms with Crippen LogP contribution < -0.4 is 20.1 Å². The fourth-order valence-electron chi connectivity index (χ4n) is 2.16. The van der Waals surface area contributed by atoms with Gasteiger partial charge in [-0.3, -0.25) is 0 Å². The van der Waals surface area contributed by atoms with E-state index in [1.165, 1.54) is 4.90 Å². The average molecular weight is 381 g/mol. The highest BCUT2D eigenvalue weighted by molar-refractivity contribution is 7.99. The van der Waals surface area contributed by atoms with E-state index in [1.54, 1.807) is 11.8 Å². The molecular weight excluding hydrogens is 364 g/mol. The molecule has 0 unspecified atom stereocenters. The van der Waals surface area contributed by atoms with Crippen molar-refractivity contribution < 1.29 is 9.47 Å². The van der Waals surface area contributed by atoms with E-state index in [0.29, 0.717) is 18.3 Å². The third-order valence-electron chi connectivity index (χ3n) is 3.27. The Balaban J connectivity index is 1.41. The highest BCUT2D eigenvalue weighted by atomic mass is 35.5. The Hall–Kier alpha value is -1.63. The van der Waals surface area contributed by atoms with Crippen LogP contribution >= 0.6 is 35.6 Å². The van der Waals surface area contributed by atoms with Crippen LogP contribution in [-0.2, 0) is 0 Å². The molecule has 0 atom stereocenters. The van der Waals surface area contributed by atoms with E-state index in [2.05, 4.69) is 10.6 Å². The van der Waals surface area contributed by atoms with Crippen molar-refractivity contribution in [2.75, 3.05) is 30.8 Å². The molecule has 0 aliphatic carbocycles. The lowest BCUT2D eigenvalue weighted by Crippen LogP contribution is -2.30. The van der Waals surface area contributed by atoms with Crippen molar-refractivity contribution in [2.45, 2.75) is 4.90 Å². The van der Waals surface area contributed by atoms with Gasteiger partial charge in [0.1, 0.15) is 13.2 Å². The molecule has 24 heavy (non-hydrogen) atoms. The number of thiocarbonyl (C=S) groups is 1. The van der Waals surface area contributed by atoms with Crippen molar-refractivity contribution in [3.05, 3.63) is 47.5 Å². The van der Waals surface area contributed by atoms with E-state index in [-0.39, 0.29) is 0 Å². The molecule has 0 amide bonds. The molecule has 1 aliphatic rings. The maximum absolute atomic E-state index is 5.87. The monoisotopic (exact) mass is 380 g/mol. The molecule has 0 aromatic heterocycles. The van der Waals surface area contributed by atoms with E-state index < -0.39 is 0 Å². The fourth-order valence-corrected chi connectivity index (χ4v) is 3.27. The van der Waals surface area contributed by atoms with Crippen molar-refractivity contribution in [3.63, 3.8) is 0 Å². The molecule has 126 valence electrons. The van der Waals surface area contributed by atoms with E-state index in [9.17, 15) is 0 Å². The van der Waals surface area contributed by atoms with Gasteiger partial charge in [-0.1, -0.05) is 11.6 Å². The van der Waals surface area contributed by atoms with Crippen LogP contribution in [0.3, 0.4) is 0 Å². The molecule has 3 rings (SSSR count). The molecule has 7 heteroatoms. The van der Waals surface area contributed by atoms with Crippen molar-refractivity contribution in [1.82, 2.24) is 5.32 Å². The van der Waals surface area contributed by atoms with Crippen molar-refractivity contribution in [1.29, 1.82) is 0 Å². The second kappa shape index (κ2) is 8.46. The van der Waals surface area contributed by atoms with E-state index in [4.69, 9.17) is 33.3 Å². The number of halogens is 1. The molecule has 4 nitrogen and oxygen atoms in total. The minimum absolute atomic E-state index is 0.571. The van der Waals surface area contributed by atoms with Gasteiger partial charge >= 0.3 is 0 Å². The maximum atomic E-state index is 5.87. The van der Waals surface area contributed by atoms with Crippen LogP contribution in [0, 0.1) is 0 Å². The summed E-state index contributed by atoms with van der Waals surface area (Å²) >= 11 is 12.9. The number of hydrogen-bond donors (Lipinski definition) is 2. The SMILES string of the molecule is S=C(NCCSc1ccc(Cl)cc1)Nc1ccc2c(c1)OCCO2. The van der Waals surface area contributed by atoms with Crippen LogP contribution in [-0.4, -0.2) is 30.6 Å². The standard InChI is InChI=1S/C17H17ClN2O2S2/c18-12-1-4-14(5-2-12)24-10-7-19-17(23)20-13-3-6-15-16(11-13)22-9-8-21-15/h1-6,11H,7-10H2,(H2,19,20,23). The van der Waals surface area contributed by atoms with Crippen LogP contribution in [0.5, 0.6) is 11.5 Å². The van der Waals surface area contributed by atoms with Gasteiger partial charge in [0.05, 0.1) is 0 Å². The molecule has 0 radical (unpaired) electrons. The second-order valence-electron chi connectivity index (χ2n) is 5.04. The largest absolute Gasteiger partial charge is 0.486 e. The number of thioether (sulfide) groups is 1. The van der Waals surface area contributed by atoms with Gasteiger partial charge in [0.2, 0.25) is 0 Å². The summed E-state index contributed by atoms with van der Waals surface area (Å²) in [5.74, 6) is 2.42.